The highest BCUT2D eigenvalue weighted by atomic mass is 32.1. The van der Waals surface area contributed by atoms with E-state index in [4.69, 9.17) is 0 Å². The van der Waals surface area contributed by atoms with E-state index >= 15 is 0 Å². The summed E-state index contributed by atoms with van der Waals surface area (Å²) in [6.07, 6.45) is 0.633. The van der Waals surface area contributed by atoms with Crippen LogP contribution in [0.15, 0.2) is 35.0 Å². The second kappa shape index (κ2) is 5.64. The lowest BCUT2D eigenvalue weighted by molar-refractivity contribution is -0.129. The Hall–Kier alpha value is -2.32. The number of nitrogens with zero attached hydrogens (tertiary/aromatic N) is 3. The predicted octanol–water partition coefficient (Wildman–Crippen LogP) is 4.01. The van der Waals surface area contributed by atoms with Gasteiger partial charge in [0.2, 0.25) is 5.91 Å². The van der Waals surface area contributed by atoms with Gasteiger partial charge in [0.25, 0.3) is 0 Å². The number of carbonyl (C=O) groups is 1. The average molecular weight is 337 g/mol. The first-order valence-electron chi connectivity index (χ1n) is 8.24. The summed E-state index contributed by atoms with van der Waals surface area (Å²) in [7, 11) is 0. The van der Waals surface area contributed by atoms with Gasteiger partial charge >= 0.3 is 0 Å². The fraction of sp³-hybridized carbons (Fsp3) is 0.368. The topological polar surface area (TPSA) is 47.3 Å². The van der Waals surface area contributed by atoms with Crippen molar-refractivity contribution >= 4 is 22.9 Å². The van der Waals surface area contributed by atoms with Crippen molar-refractivity contribution in [3.63, 3.8) is 0 Å². The van der Waals surface area contributed by atoms with Gasteiger partial charge in [0.15, 0.2) is 0 Å². The minimum Gasteiger partial charge on any atom is -0.334 e. The van der Waals surface area contributed by atoms with Crippen LogP contribution in [0.3, 0.4) is 0 Å². The SMILES string of the molecule is CC(C)C[C@H]1C(=O)N(CC#N)C2c3ccccc3-c3cscc3N21. The van der Waals surface area contributed by atoms with E-state index in [0.29, 0.717) is 5.92 Å². The van der Waals surface area contributed by atoms with E-state index in [1.807, 2.05) is 12.1 Å². The summed E-state index contributed by atoms with van der Waals surface area (Å²) in [5.74, 6) is 0.491. The molecule has 24 heavy (non-hydrogen) atoms. The van der Waals surface area contributed by atoms with Gasteiger partial charge in [-0.15, -0.1) is 11.3 Å². The van der Waals surface area contributed by atoms with Gasteiger partial charge in [-0.3, -0.25) is 4.79 Å². The molecule has 0 N–H and O–H groups in total. The molecule has 4 rings (SSSR count). The maximum atomic E-state index is 13.1. The van der Waals surface area contributed by atoms with Crippen LogP contribution >= 0.6 is 11.3 Å². The van der Waals surface area contributed by atoms with Crippen LogP contribution in [0.25, 0.3) is 11.1 Å². The van der Waals surface area contributed by atoms with Crippen LogP contribution < -0.4 is 4.90 Å². The quantitative estimate of drug-likeness (QED) is 0.795. The minimum absolute atomic E-state index is 0.0732. The molecule has 1 saturated heterocycles. The van der Waals surface area contributed by atoms with E-state index in [2.05, 4.69) is 47.7 Å². The predicted molar refractivity (Wildman–Crippen MR) is 95.5 cm³/mol. The Kier molecular flexibility index (Phi) is 3.58. The molecule has 1 aromatic carbocycles. The number of amides is 1. The fourth-order valence-electron chi connectivity index (χ4n) is 3.93. The van der Waals surface area contributed by atoms with Crippen LogP contribution in [0.2, 0.25) is 0 Å². The number of fused-ring (bicyclic) bond motifs is 6. The van der Waals surface area contributed by atoms with E-state index in [0.717, 1.165) is 17.7 Å². The van der Waals surface area contributed by atoms with Gasteiger partial charge in [-0.2, -0.15) is 5.26 Å². The lowest BCUT2D eigenvalue weighted by Gasteiger charge is -2.38. The maximum Gasteiger partial charge on any atom is 0.248 e. The van der Waals surface area contributed by atoms with Gasteiger partial charge in [-0.1, -0.05) is 38.1 Å². The monoisotopic (exact) mass is 337 g/mol. The highest BCUT2D eigenvalue weighted by molar-refractivity contribution is 7.08. The molecule has 2 aliphatic rings. The highest BCUT2D eigenvalue weighted by Gasteiger charge is 2.50. The fourth-order valence-corrected chi connectivity index (χ4v) is 4.76. The summed E-state index contributed by atoms with van der Waals surface area (Å²) >= 11 is 1.67. The van der Waals surface area contributed by atoms with Gasteiger partial charge in [-0.25, -0.2) is 0 Å². The van der Waals surface area contributed by atoms with Crippen molar-refractivity contribution in [2.45, 2.75) is 32.5 Å². The average Bonchev–Trinajstić information content (AvgIpc) is 3.14. The van der Waals surface area contributed by atoms with Gasteiger partial charge in [-0.05, 0) is 17.9 Å². The van der Waals surface area contributed by atoms with Crippen LogP contribution in [-0.4, -0.2) is 23.4 Å². The second-order valence-corrected chi connectivity index (χ2v) is 7.55. The first-order valence-corrected chi connectivity index (χ1v) is 9.19. The number of carbonyl (C=O) groups excluding carboxylic acids is 1. The van der Waals surface area contributed by atoms with Crippen LogP contribution in [0.4, 0.5) is 5.69 Å². The summed E-state index contributed by atoms with van der Waals surface area (Å²) in [5.41, 5.74) is 4.63. The van der Waals surface area contributed by atoms with Crippen molar-refractivity contribution in [3.05, 3.63) is 40.6 Å². The first-order chi connectivity index (χ1) is 11.6. The molecule has 5 heteroatoms. The summed E-state index contributed by atoms with van der Waals surface area (Å²) in [5, 5.41) is 13.5. The number of hydrogen-bond acceptors (Lipinski definition) is 4. The van der Waals surface area contributed by atoms with Gasteiger partial charge < -0.3 is 9.80 Å². The third kappa shape index (κ3) is 2.06. The number of anilines is 1. The number of benzene rings is 1. The Morgan fingerprint density at radius 1 is 1.25 bits per heavy atom. The molecule has 0 bridgehead atoms. The standard InChI is InChI=1S/C19H19N3OS/c1-12(2)9-16-19(23)21(8-7-20)18-14-6-4-3-5-13(14)15-10-24-11-17(15)22(16)18/h3-6,10-12,16,18H,8-9H2,1-2H3/t16-,18?/m0/s1. The zero-order chi connectivity index (χ0) is 16.8. The van der Waals surface area contributed by atoms with Crippen molar-refractivity contribution in [2.24, 2.45) is 5.92 Å². The molecule has 0 radical (unpaired) electrons. The molecule has 2 aliphatic heterocycles. The van der Waals surface area contributed by atoms with Crippen LogP contribution in [-0.2, 0) is 4.79 Å². The Labute approximate surface area is 145 Å². The molecule has 2 atom stereocenters. The molecule has 0 saturated carbocycles. The third-order valence-electron chi connectivity index (χ3n) is 4.85. The number of thiophene rings is 1. The Balaban J connectivity index is 1.91. The molecule has 0 aliphatic carbocycles. The largest absolute Gasteiger partial charge is 0.334 e. The van der Waals surface area contributed by atoms with Crippen LogP contribution in [0.5, 0.6) is 0 Å². The zero-order valence-electron chi connectivity index (χ0n) is 13.8. The van der Waals surface area contributed by atoms with E-state index in [9.17, 15) is 10.1 Å². The minimum atomic E-state index is -0.190. The van der Waals surface area contributed by atoms with E-state index < -0.39 is 0 Å². The molecule has 4 nitrogen and oxygen atoms in total. The molecule has 122 valence electrons. The number of rotatable bonds is 3. The first kappa shape index (κ1) is 15.2. The van der Waals surface area contributed by atoms with Gasteiger partial charge in [0.1, 0.15) is 18.8 Å². The van der Waals surface area contributed by atoms with Crippen molar-refractivity contribution in [1.82, 2.24) is 4.90 Å². The lowest BCUT2D eigenvalue weighted by Crippen LogP contribution is -2.37. The van der Waals surface area contributed by atoms with Crippen molar-refractivity contribution < 1.29 is 4.79 Å². The Morgan fingerprint density at radius 2 is 2.04 bits per heavy atom. The van der Waals surface area contributed by atoms with Gasteiger partial charge in [0.05, 0.1) is 11.8 Å². The van der Waals surface area contributed by atoms with Crippen molar-refractivity contribution in [3.8, 4) is 17.2 Å². The molecule has 3 heterocycles. The molecule has 1 fully saturated rings. The number of hydrogen-bond donors (Lipinski definition) is 0. The molecule has 0 spiro atoms. The second-order valence-electron chi connectivity index (χ2n) is 6.81. The molecule has 1 unspecified atom stereocenters. The molecular formula is C19H19N3OS. The third-order valence-corrected chi connectivity index (χ3v) is 5.58. The van der Waals surface area contributed by atoms with Crippen molar-refractivity contribution in [1.29, 1.82) is 5.26 Å². The summed E-state index contributed by atoms with van der Waals surface area (Å²) in [6.45, 7) is 4.41. The molecule has 2 aromatic rings. The molecule has 1 aromatic heterocycles. The smallest absolute Gasteiger partial charge is 0.248 e. The highest BCUT2D eigenvalue weighted by Crippen LogP contribution is 2.51. The van der Waals surface area contributed by atoms with Crippen LogP contribution in [0, 0.1) is 17.2 Å². The Bertz CT molecular complexity index is 835. The lowest BCUT2D eigenvalue weighted by atomic mass is 9.92. The summed E-state index contributed by atoms with van der Waals surface area (Å²) in [4.78, 5) is 17.1. The van der Waals surface area contributed by atoms with E-state index in [1.54, 1.807) is 16.2 Å². The van der Waals surface area contributed by atoms with Crippen molar-refractivity contribution in [2.75, 3.05) is 11.4 Å². The van der Waals surface area contributed by atoms with Crippen LogP contribution in [0.1, 0.15) is 32.0 Å². The maximum absolute atomic E-state index is 13.1. The summed E-state index contributed by atoms with van der Waals surface area (Å²) in [6, 6.07) is 10.2. The van der Waals surface area contributed by atoms with E-state index in [-0.39, 0.29) is 24.7 Å². The normalized spacial score (nSPS) is 21.5. The zero-order valence-corrected chi connectivity index (χ0v) is 14.6. The van der Waals surface area contributed by atoms with E-state index in [1.165, 1.54) is 11.1 Å². The van der Waals surface area contributed by atoms with Gasteiger partial charge in [0, 0.05) is 21.9 Å². The summed E-state index contributed by atoms with van der Waals surface area (Å²) < 4.78 is 0. The Morgan fingerprint density at radius 3 is 2.79 bits per heavy atom. The molecule has 1 amide bonds. The number of nitriles is 1. The molecular weight excluding hydrogens is 318 g/mol.